The summed E-state index contributed by atoms with van der Waals surface area (Å²) in [6.07, 6.45) is 0. The summed E-state index contributed by atoms with van der Waals surface area (Å²) in [6.45, 7) is 3.29. The lowest BCUT2D eigenvalue weighted by molar-refractivity contribution is -0.385. The second kappa shape index (κ2) is 5.29. The molecule has 0 atom stereocenters. The van der Waals surface area contributed by atoms with Crippen molar-refractivity contribution in [1.29, 1.82) is 0 Å². The predicted molar refractivity (Wildman–Crippen MR) is 66.4 cm³/mol. The molecular formula is C9H14N4O4S. The highest BCUT2D eigenvalue weighted by molar-refractivity contribution is 7.89. The van der Waals surface area contributed by atoms with Crippen molar-refractivity contribution in [2.75, 3.05) is 5.43 Å². The lowest BCUT2D eigenvalue weighted by Crippen LogP contribution is -2.31. The van der Waals surface area contributed by atoms with Crippen LogP contribution in [-0.4, -0.2) is 19.4 Å². The Bertz CT molecular complexity index is 556. The van der Waals surface area contributed by atoms with Crippen molar-refractivity contribution in [3.63, 3.8) is 0 Å². The van der Waals surface area contributed by atoms with Crippen molar-refractivity contribution in [2.45, 2.75) is 24.8 Å². The van der Waals surface area contributed by atoms with Gasteiger partial charge in [0.15, 0.2) is 0 Å². The number of rotatable bonds is 5. The minimum Gasteiger partial charge on any atom is -0.323 e. The highest BCUT2D eigenvalue weighted by atomic mass is 32.2. The van der Waals surface area contributed by atoms with E-state index in [2.05, 4.69) is 10.1 Å². The molecule has 0 heterocycles. The van der Waals surface area contributed by atoms with E-state index in [-0.39, 0.29) is 22.3 Å². The number of benzene rings is 1. The molecule has 0 fully saturated rings. The van der Waals surface area contributed by atoms with Gasteiger partial charge in [-0.1, -0.05) is 0 Å². The largest absolute Gasteiger partial charge is 0.323 e. The number of anilines is 1. The fraction of sp³-hybridized carbons (Fsp3) is 0.333. The van der Waals surface area contributed by atoms with Crippen LogP contribution in [0, 0.1) is 10.1 Å². The molecular weight excluding hydrogens is 260 g/mol. The fourth-order valence-corrected chi connectivity index (χ4v) is 2.78. The molecule has 1 aromatic carbocycles. The predicted octanol–water partition coefficient (Wildman–Crippen LogP) is 0.567. The van der Waals surface area contributed by atoms with Gasteiger partial charge in [-0.05, 0) is 19.9 Å². The number of non-ortho nitro benzene ring substituents is 1. The number of nitrogens with one attached hydrogen (secondary N) is 2. The van der Waals surface area contributed by atoms with Gasteiger partial charge in [-0.2, -0.15) is 0 Å². The molecule has 0 bridgehead atoms. The first kappa shape index (κ1) is 14.4. The third-order valence-electron chi connectivity index (χ3n) is 2.01. The summed E-state index contributed by atoms with van der Waals surface area (Å²) in [5, 5.41) is 10.6. The maximum Gasteiger partial charge on any atom is 0.270 e. The maximum atomic E-state index is 12.0. The van der Waals surface area contributed by atoms with E-state index >= 15 is 0 Å². The molecule has 0 saturated heterocycles. The molecule has 0 aliphatic rings. The normalized spacial score (nSPS) is 11.6. The molecule has 0 aromatic heterocycles. The van der Waals surface area contributed by atoms with Crippen molar-refractivity contribution in [3.8, 4) is 0 Å². The van der Waals surface area contributed by atoms with Crippen LogP contribution in [0.3, 0.4) is 0 Å². The van der Waals surface area contributed by atoms with E-state index in [0.29, 0.717) is 0 Å². The number of nitro benzene ring substituents is 1. The van der Waals surface area contributed by atoms with E-state index in [1.165, 1.54) is 12.1 Å². The number of nitrogens with two attached hydrogens (primary N) is 1. The third kappa shape index (κ3) is 3.15. The van der Waals surface area contributed by atoms with Gasteiger partial charge in [0.05, 0.1) is 10.6 Å². The summed E-state index contributed by atoms with van der Waals surface area (Å²) in [5.41, 5.74) is 1.97. The lowest BCUT2D eigenvalue weighted by Gasteiger charge is -2.12. The van der Waals surface area contributed by atoms with Gasteiger partial charge in [-0.25, -0.2) is 13.1 Å². The van der Waals surface area contributed by atoms with Gasteiger partial charge in [0.2, 0.25) is 10.0 Å². The van der Waals surface area contributed by atoms with Crippen LogP contribution < -0.4 is 16.0 Å². The Morgan fingerprint density at radius 3 is 2.44 bits per heavy atom. The van der Waals surface area contributed by atoms with Crippen molar-refractivity contribution in [2.24, 2.45) is 5.84 Å². The SMILES string of the molecule is CC(C)NS(=O)(=O)c1cc([N+](=O)[O-])ccc1NN. The molecule has 100 valence electrons. The fourth-order valence-electron chi connectivity index (χ4n) is 1.34. The van der Waals surface area contributed by atoms with Crippen LogP contribution in [0.15, 0.2) is 23.1 Å². The minimum atomic E-state index is -3.86. The molecule has 18 heavy (non-hydrogen) atoms. The Morgan fingerprint density at radius 1 is 1.39 bits per heavy atom. The number of sulfonamides is 1. The number of hydrogen-bond acceptors (Lipinski definition) is 6. The second-order valence-corrected chi connectivity index (χ2v) is 5.54. The highest BCUT2D eigenvalue weighted by Crippen LogP contribution is 2.25. The van der Waals surface area contributed by atoms with Crippen LogP contribution in [-0.2, 0) is 10.0 Å². The van der Waals surface area contributed by atoms with Gasteiger partial charge in [0, 0.05) is 18.2 Å². The van der Waals surface area contributed by atoms with E-state index in [1.807, 2.05) is 0 Å². The van der Waals surface area contributed by atoms with Crippen LogP contribution in [0.1, 0.15) is 13.8 Å². The molecule has 0 aliphatic carbocycles. The Labute approximate surface area is 104 Å². The first-order valence-corrected chi connectivity index (χ1v) is 6.53. The third-order valence-corrected chi connectivity index (χ3v) is 3.71. The Hall–Kier alpha value is -1.71. The van der Waals surface area contributed by atoms with Gasteiger partial charge in [0.25, 0.3) is 5.69 Å². The Kier molecular flexibility index (Phi) is 4.22. The molecule has 4 N–H and O–H groups in total. The average molecular weight is 274 g/mol. The summed E-state index contributed by atoms with van der Waals surface area (Å²) in [7, 11) is -3.86. The molecule has 8 nitrogen and oxygen atoms in total. The van der Waals surface area contributed by atoms with Crippen molar-refractivity contribution >= 4 is 21.4 Å². The molecule has 0 unspecified atom stereocenters. The molecule has 0 aliphatic heterocycles. The van der Waals surface area contributed by atoms with Gasteiger partial charge < -0.3 is 5.43 Å². The van der Waals surface area contributed by atoms with Crippen LogP contribution in [0.5, 0.6) is 0 Å². The molecule has 0 saturated carbocycles. The zero-order valence-electron chi connectivity index (χ0n) is 9.88. The van der Waals surface area contributed by atoms with E-state index in [0.717, 1.165) is 6.07 Å². The number of hydrazine groups is 1. The Balaban J connectivity index is 3.36. The van der Waals surface area contributed by atoms with Gasteiger partial charge >= 0.3 is 0 Å². The van der Waals surface area contributed by atoms with Crippen LogP contribution in [0.25, 0.3) is 0 Å². The van der Waals surface area contributed by atoms with Crippen molar-refractivity contribution in [3.05, 3.63) is 28.3 Å². The quantitative estimate of drug-likeness (QED) is 0.409. The van der Waals surface area contributed by atoms with E-state index in [1.54, 1.807) is 13.8 Å². The summed E-state index contributed by atoms with van der Waals surface area (Å²) >= 11 is 0. The number of nitrogens with zero attached hydrogens (tertiary/aromatic N) is 1. The summed E-state index contributed by atoms with van der Waals surface area (Å²) in [6, 6.07) is 3.04. The Morgan fingerprint density at radius 2 is 2.00 bits per heavy atom. The second-order valence-electron chi connectivity index (χ2n) is 3.86. The number of hydrogen-bond donors (Lipinski definition) is 3. The van der Waals surface area contributed by atoms with Crippen molar-refractivity contribution in [1.82, 2.24) is 4.72 Å². The van der Waals surface area contributed by atoms with Crippen molar-refractivity contribution < 1.29 is 13.3 Å². The first-order valence-electron chi connectivity index (χ1n) is 5.05. The van der Waals surface area contributed by atoms with Crippen LogP contribution in [0.2, 0.25) is 0 Å². The molecule has 9 heteroatoms. The summed E-state index contributed by atoms with van der Waals surface area (Å²) in [5.74, 6) is 5.19. The average Bonchev–Trinajstić information content (AvgIpc) is 2.26. The summed E-state index contributed by atoms with van der Waals surface area (Å²) < 4.78 is 26.3. The number of nitrogen functional groups attached to an aromatic ring is 1. The molecule has 0 amide bonds. The van der Waals surface area contributed by atoms with Crippen LogP contribution in [0.4, 0.5) is 11.4 Å². The van der Waals surface area contributed by atoms with E-state index in [9.17, 15) is 18.5 Å². The van der Waals surface area contributed by atoms with Gasteiger partial charge in [0.1, 0.15) is 4.90 Å². The molecule has 1 aromatic rings. The lowest BCUT2D eigenvalue weighted by atomic mass is 10.3. The minimum absolute atomic E-state index is 0.0914. The topological polar surface area (TPSA) is 127 Å². The van der Waals surface area contributed by atoms with E-state index in [4.69, 9.17) is 5.84 Å². The highest BCUT2D eigenvalue weighted by Gasteiger charge is 2.22. The van der Waals surface area contributed by atoms with Gasteiger partial charge in [-0.15, -0.1) is 0 Å². The van der Waals surface area contributed by atoms with Crippen LogP contribution >= 0.6 is 0 Å². The number of nitro groups is 1. The molecule has 0 spiro atoms. The smallest absolute Gasteiger partial charge is 0.270 e. The molecule has 0 radical (unpaired) electrons. The van der Waals surface area contributed by atoms with E-state index < -0.39 is 14.9 Å². The van der Waals surface area contributed by atoms with Gasteiger partial charge in [-0.3, -0.25) is 16.0 Å². The zero-order chi connectivity index (χ0) is 13.9. The maximum absolute atomic E-state index is 12.0. The first-order chi connectivity index (χ1) is 8.27. The summed E-state index contributed by atoms with van der Waals surface area (Å²) in [4.78, 5) is 9.71. The monoisotopic (exact) mass is 274 g/mol. The standard InChI is InChI=1S/C9H14N4O4S/c1-6(2)12-18(16,17)9-5-7(13(14)15)3-4-8(9)11-10/h3-6,11-12H,10H2,1-2H3. The zero-order valence-corrected chi connectivity index (χ0v) is 10.7. The molecule has 1 rings (SSSR count).